The van der Waals surface area contributed by atoms with E-state index in [9.17, 15) is 0 Å². The second-order valence-electron chi connectivity index (χ2n) is 4.02. The highest BCUT2D eigenvalue weighted by Gasteiger charge is 2.14. The van der Waals surface area contributed by atoms with E-state index in [-0.39, 0.29) is 6.04 Å². The van der Waals surface area contributed by atoms with Gasteiger partial charge in [0, 0.05) is 25.3 Å². The first-order valence-electron chi connectivity index (χ1n) is 5.57. The Morgan fingerprint density at radius 1 is 1.56 bits per heavy atom. The highest BCUT2D eigenvalue weighted by molar-refractivity contribution is 6.30. The summed E-state index contributed by atoms with van der Waals surface area (Å²) in [5, 5.41) is 4.92. The van der Waals surface area contributed by atoms with Crippen molar-refractivity contribution in [1.82, 2.24) is 9.78 Å². The van der Waals surface area contributed by atoms with Gasteiger partial charge in [0.2, 0.25) is 0 Å². The molecule has 0 aromatic carbocycles. The van der Waals surface area contributed by atoms with E-state index in [2.05, 4.69) is 12.0 Å². The monoisotopic (exact) mass is 245 g/mol. The van der Waals surface area contributed by atoms with E-state index in [1.165, 1.54) is 0 Å². The quantitative estimate of drug-likeness (QED) is 0.776. The Labute approximate surface area is 102 Å². The molecule has 1 rings (SSSR count). The predicted octanol–water partition coefficient (Wildman–Crippen LogP) is 1.68. The normalized spacial score (nSPS) is 13.1. The van der Waals surface area contributed by atoms with Crippen LogP contribution in [0.25, 0.3) is 0 Å². The van der Waals surface area contributed by atoms with Gasteiger partial charge in [0.15, 0.2) is 0 Å². The van der Waals surface area contributed by atoms with Crippen molar-refractivity contribution in [2.75, 3.05) is 13.2 Å². The largest absolute Gasteiger partial charge is 0.380 e. The number of hydrogen-bond acceptors (Lipinski definition) is 3. The van der Waals surface area contributed by atoms with Gasteiger partial charge in [-0.15, -0.1) is 0 Å². The Kier molecular flexibility index (Phi) is 5.25. The van der Waals surface area contributed by atoms with Crippen LogP contribution in [-0.4, -0.2) is 29.0 Å². The number of ether oxygens (including phenoxy) is 1. The second kappa shape index (κ2) is 6.23. The van der Waals surface area contributed by atoms with Gasteiger partial charge in [0.05, 0.1) is 12.3 Å². The maximum absolute atomic E-state index is 6.12. The minimum atomic E-state index is -0.0213. The standard InChI is InChI=1S/C11H20ClN3O/c1-4-5-16-7-9(13)6-10-8(2)14-15(3)11(10)12/h9H,4-7,13H2,1-3H3. The van der Waals surface area contributed by atoms with Crippen LogP contribution >= 0.6 is 11.6 Å². The summed E-state index contributed by atoms with van der Waals surface area (Å²) < 4.78 is 7.08. The summed E-state index contributed by atoms with van der Waals surface area (Å²) in [7, 11) is 1.83. The predicted molar refractivity (Wildman–Crippen MR) is 65.7 cm³/mol. The van der Waals surface area contributed by atoms with Gasteiger partial charge < -0.3 is 10.5 Å². The van der Waals surface area contributed by atoms with E-state index in [1.807, 2.05) is 14.0 Å². The molecule has 1 aromatic heterocycles. The SMILES string of the molecule is CCCOCC(N)Cc1c(C)nn(C)c1Cl. The molecule has 0 bridgehead atoms. The van der Waals surface area contributed by atoms with Crippen LogP contribution in [0.5, 0.6) is 0 Å². The first-order chi connectivity index (χ1) is 7.56. The van der Waals surface area contributed by atoms with Gasteiger partial charge in [-0.05, 0) is 19.8 Å². The molecule has 0 saturated carbocycles. The molecule has 0 aliphatic carbocycles. The fourth-order valence-corrected chi connectivity index (χ4v) is 1.86. The summed E-state index contributed by atoms with van der Waals surface area (Å²) in [5.41, 5.74) is 7.94. The Morgan fingerprint density at radius 3 is 2.75 bits per heavy atom. The Bertz CT molecular complexity index is 338. The molecule has 0 aliphatic rings. The van der Waals surface area contributed by atoms with Gasteiger partial charge in [0.1, 0.15) is 5.15 Å². The fourth-order valence-electron chi connectivity index (χ4n) is 1.61. The summed E-state index contributed by atoms with van der Waals surface area (Å²) in [4.78, 5) is 0. The highest BCUT2D eigenvalue weighted by atomic mass is 35.5. The van der Waals surface area contributed by atoms with Gasteiger partial charge in [-0.25, -0.2) is 0 Å². The van der Waals surface area contributed by atoms with Crippen molar-refractivity contribution in [2.45, 2.75) is 32.7 Å². The highest BCUT2D eigenvalue weighted by Crippen LogP contribution is 2.19. The lowest BCUT2D eigenvalue weighted by Gasteiger charge is -2.11. The fraction of sp³-hybridized carbons (Fsp3) is 0.727. The molecule has 1 heterocycles. The van der Waals surface area contributed by atoms with Crippen molar-refractivity contribution in [3.8, 4) is 0 Å². The molecule has 1 atom stereocenters. The maximum atomic E-state index is 6.12. The number of aryl methyl sites for hydroxylation is 2. The van der Waals surface area contributed by atoms with Crippen LogP contribution < -0.4 is 5.73 Å². The summed E-state index contributed by atoms with van der Waals surface area (Å²) in [6.07, 6.45) is 1.72. The van der Waals surface area contributed by atoms with Gasteiger partial charge in [-0.3, -0.25) is 4.68 Å². The minimum Gasteiger partial charge on any atom is -0.380 e. The van der Waals surface area contributed by atoms with Crippen molar-refractivity contribution in [2.24, 2.45) is 12.8 Å². The maximum Gasteiger partial charge on any atom is 0.130 e. The van der Waals surface area contributed by atoms with Crippen molar-refractivity contribution >= 4 is 11.6 Å². The lowest BCUT2D eigenvalue weighted by molar-refractivity contribution is 0.121. The third-order valence-corrected chi connectivity index (χ3v) is 2.89. The number of hydrogen-bond donors (Lipinski definition) is 1. The molecule has 0 spiro atoms. The lowest BCUT2D eigenvalue weighted by atomic mass is 10.1. The number of nitrogens with zero attached hydrogens (tertiary/aromatic N) is 2. The summed E-state index contributed by atoms with van der Waals surface area (Å²) >= 11 is 6.12. The smallest absolute Gasteiger partial charge is 0.130 e. The number of aromatic nitrogens is 2. The average Bonchev–Trinajstić information content (AvgIpc) is 2.46. The molecule has 0 aliphatic heterocycles. The summed E-state index contributed by atoms with van der Waals surface area (Å²) in [6.45, 7) is 5.35. The Morgan fingerprint density at radius 2 is 2.25 bits per heavy atom. The number of rotatable bonds is 6. The second-order valence-corrected chi connectivity index (χ2v) is 4.38. The van der Waals surface area contributed by atoms with E-state index in [0.29, 0.717) is 18.2 Å². The van der Waals surface area contributed by atoms with Crippen molar-refractivity contribution in [1.29, 1.82) is 0 Å². The molecule has 0 saturated heterocycles. The molecule has 92 valence electrons. The van der Waals surface area contributed by atoms with E-state index in [4.69, 9.17) is 22.1 Å². The third kappa shape index (κ3) is 3.47. The topological polar surface area (TPSA) is 53.1 Å². The zero-order valence-corrected chi connectivity index (χ0v) is 10.9. The molecule has 2 N–H and O–H groups in total. The molecular weight excluding hydrogens is 226 g/mol. The summed E-state index contributed by atoms with van der Waals surface area (Å²) in [6, 6.07) is -0.0213. The molecule has 1 unspecified atom stereocenters. The van der Waals surface area contributed by atoms with Crippen LogP contribution in [0.4, 0.5) is 0 Å². The summed E-state index contributed by atoms with van der Waals surface area (Å²) in [5.74, 6) is 0. The van der Waals surface area contributed by atoms with E-state index in [1.54, 1.807) is 4.68 Å². The molecule has 5 heteroatoms. The van der Waals surface area contributed by atoms with Crippen LogP contribution in [0, 0.1) is 6.92 Å². The Balaban J connectivity index is 2.52. The van der Waals surface area contributed by atoms with E-state index < -0.39 is 0 Å². The molecule has 0 fully saturated rings. The molecule has 4 nitrogen and oxygen atoms in total. The van der Waals surface area contributed by atoms with Crippen LogP contribution in [0.3, 0.4) is 0 Å². The van der Waals surface area contributed by atoms with Crippen molar-refractivity contribution < 1.29 is 4.74 Å². The number of halogens is 1. The zero-order chi connectivity index (χ0) is 12.1. The molecular formula is C11H20ClN3O. The van der Waals surface area contributed by atoms with Crippen LogP contribution in [0.15, 0.2) is 0 Å². The first kappa shape index (κ1) is 13.5. The molecule has 0 radical (unpaired) electrons. The minimum absolute atomic E-state index is 0.0213. The molecule has 1 aromatic rings. The van der Waals surface area contributed by atoms with Gasteiger partial charge in [-0.1, -0.05) is 18.5 Å². The lowest BCUT2D eigenvalue weighted by Crippen LogP contribution is -2.29. The van der Waals surface area contributed by atoms with Crippen LogP contribution in [0.2, 0.25) is 5.15 Å². The van der Waals surface area contributed by atoms with Crippen molar-refractivity contribution in [3.05, 3.63) is 16.4 Å². The average molecular weight is 246 g/mol. The molecule has 0 amide bonds. The Hall–Kier alpha value is -0.580. The zero-order valence-electron chi connectivity index (χ0n) is 10.2. The first-order valence-corrected chi connectivity index (χ1v) is 5.95. The van der Waals surface area contributed by atoms with Gasteiger partial charge >= 0.3 is 0 Å². The number of nitrogens with two attached hydrogens (primary N) is 1. The van der Waals surface area contributed by atoms with Crippen molar-refractivity contribution in [3.63, 3.8) is 0 Å². The molecule has 16 heavy (non-hydrogen) atoms. The third-order valence-electron chi connectivity index (χ3n) is 2.42. The van der Waals surface area contributed by atoms with E-state index in [0.717, 1.165) is 24.3 Å². The van der Waals surface area contributed by atoms with Gasteiger partial charge in [0.25, 0.3) is 0 Å². The van der Waals surface area contributed by atoms with Gasteiger partial charge in [-0.2, -0.15) is 5.10 Å². The van der Waals surface area contributed by atoms with Crippen LogP contribution in [0.1, 0.15) is 24.6 Å². The van der Waals surface area contributed by atoms with E-state index >= 15 is 0 Å². The van der Waals surface area contributed by atoms with Crippen LogP contribution in [-0.2, 0) is 18.2 Å².